The van der Waals surface area contributed by atoms with Gasteiger partial charge >= 0.3 is 0 Å². The van der Waals surface area contributed by atoms with Gasteiger partial charge in [0.25, 0.3) is 5.91 Å². The van der Waals surface area contributed by atoms with Gasteiger partial charge in [0.15, 0.2) is 5.69 Å². The van der Waals surface area contributed by atoms with Crippen LogP contribution in [0.5, 0.6) is 0 Å². The number of hydrogen-bond acceptors (Lipinski definition) is 6. The number of carbonyl (C=O) groups excluding carboxylic acids is 2. The average Bonchev–Trinajstić information content (AvgIpc) is 2.79. The zero-order chi connectivity index (χ0) is 23.3. The Labute approximate surface area is 194 Å². The van der Waals surface area contributed by atoms with Crippen molar-refractivity contribution in [2.24, 2.45) is 0 Å². The Morgan fingerprint density at radius 2 is 1.81 bits per heavy atom. The van der Waals surface area contributed by atoms with Gasteiger partial charge in [-0.2, -0.15) is 0 Å². The van der Waals surface area contributed by atoms with E-state index in [0.717, 1.165) is 29.9 Å². The number of aryl methyl sites for hydroxylation is 1. The number of nitrogens with one attached hydrogen (secondary N) is 1. The van der Waals surface area contributed by atoms with E-state index in [4.69, 9.17) is 11.6 Å². The first-order chi connectivity index (χ1) is 15.3. The molecule has 32 heavy (non-hydrogen) atoms. The second kappa shape index (κ2) is 10.7. The summed E-state index contributed by atoms with van der Waals surface area (Å²) in [5, 5.41) is 3.24. The minimum atomic E-state index is -0.203. The van der Waals surface area contributed by atoms with Crippen LogP contribution >= 0.6 is 11.6 Å². The van der Waals surface area contributed by atoms with E-state index in [9.17, 15) is 9.59 Å². The molecule has 1 aliphatic rings. The summed E-state index contributed by atoms with van der Waals surface area (Å²) in [4.78, 5) is 40.0. The van der Waals surface area contributed by atoms with Gasteiger partial charge in [-0.3, -0.25) is 14.5 Å². The highest BCUT2D eigenvalue weighted by molar-refractivity contribution is 6.33. The van der Waals surface area contributed by atoms with E-state index in [0.29, 0.717) is 32.1 Å². The van der Waals surface area contributed by atoms with Crippen molar-refractivity contribution in [2.75, 3.05) is 56.0 Å². The Morgan fingerprint density at radius 1 is 1.12 bits per heavy atom. The summed E-state index contributed by atoms with van der Waals surface area (Å²) in [5.41, 5.74) is 3.28. The van der Waals surface area contributed by atoms with Crippen molar-refractivity contribution < 1.29 is 9.59 Å². The molecule has 0 radical (unpaired) electrons. The summed E-state index contributed by atoms with van der Waals surface area (Å²) < 4.78 is 0. The lowest BCUT2D eigenvalue weighted by Crippen LogP contribution is -2.50. The fourth-order valence-corrected chi connectivity index (χ4v) is 3.88. The van der Waals surface area contributed by atoms with E-state index in [1.807, 2.05) is 55.7 Å². The fraction of sp³-hybridized carbons (Fsp3) is 0.478. The van der Waals surface area contributed by atoms with Crippen LogP contribution in [0.15, 0.2) is 24.4 Å². The van der Waals surface area contributed by atoms with E-state index in [2.05, 4.69) is 15.3 Å². The van der Waals surface area contributed by atoms with Gasteiger partial charge in [0.2, 0.25) is 11.9 Å². The lowest BCUT2D eigenvalue weighted by Gasteiger charge is -2.34. The van der Waals surface area contributed by atoms with Crippen molar-refractivity contribution in [3.63, 3.8) is 0 Å². The molecule has 2 aromatic rings. The molecule has 0 aliphatic carbocycles. The minimum absolute atomic E-state index is 0.0545. The van der Waals surface area contributed by atoms with E-state index in [1.165, 1.54) is 6.20 Å². The molecular weight excluding hydrogens is 428 g/mol. The van der Waals surface area contributed by atoms with Crippen molar-refractivity contribution >= 4 is 35.1 Å². The first kappa shape index (κ1) is 23.9. The Hall–Kier alpha value is -2.71. The van der Waals surface area contributed by atoms with Crippen molar-refractivity contribution in [1.29, 1.82) is 0 Å². The number of amides is 2. The molecule has 1 aromatic carbocycles. The monoisotopic (exact) mass is 458 g/mol. The number of hydrogen-bond donors (Lipinski definition) is 1. The van der Waals surface area contributed by atoms with Gasteiger partial charge < -0.3 is 15.1 Å². The number of benzene rings is 1. The highest BCUT2D eigenvalue weighted by atomic mass is 35.5. The molecule has 0 saturated carbocycles. The van der Waals surface area contributed by atoms with Crippen LogP contribution in [0.2, 0.25) is 5.02 Å². The van der Waals surface area contributed by atoms with Crippen molar-refractivity contribution in [3.05, 3.63) is 46.2 Å². The third kappa shape index (κ3) is 5.55. The SMILES string of the molecule is CCN(CC)c1ncc(Cl)c(C(=O)N2CCN(CC(=O)Nc3cccc(C)c3C)CC2)n1. The van der Waals surface area contributed by atoms with E-state index < -0.39 is 0 Å². The zero-order valence-corrected chi connectivity index (χ0v) is 19.9. The highest BCUT2D eigenvalue weighted by Crippen LogP contribution is 2.20. The Kier molecular flexibility index (Phi) is 8.04. The van der Waals surface area contributed by atoms with Gasteiger partial charge in [-0.25, -0.2) is 9.97 Å². The lowest BCUT2D eigenvalue weighted by molar-refractivity contribution is -0.117. The fourth-order valence-electron chi connectivity index (χ4n) is 3.70. The maximum absolute atomic E-state index is 13.0. The summed E-state index contributed by atoms with van der Waals surface area (Å²) in [6.07, 6.45) is 1.49. The van der Waals surface area contributed by atoms with Crippen LogP contribution in [-0.4, -0.2) is 77.4 Å². The standard InChI is InChI=1S/C23H31ClN6O2/c1-5-29(6-2)23-25-14-18(24)21(27-23)22(32)30-12-10-28(11-13-30)15-20(31)26-19-9-7-8-16(3)17(19)4/h7-9,14H,5-6,10-13,15H2,1-4H3,(H,26,31). The number of carbonyl (C=O) groups is 2. The minimum Gasteiger partial charge on any atom is -0.341 e. The first-order valence-corrected chi connectivity index (χ1v) is 11.4. The topological polar surface area (TPSA) is 81.7 Å². The predicted octanol–water partition coefficient (Wildman–Crippen LogP) is 2.99. The molecule has 0 unspecified atom stereocenters. The molecule has 1 fully saturated rings. The molecule has 1 saturated heterocycles. The zero-order valence-electron chi connectivity index (χ0n) is 19.2. The quantitative estimate of drug-likeness (QED) is 0.686. The first-order valence-electron chi connectivity index (χ1n) is 11.0. The van der Waals surface area contributed by atoms with Crippen molar-refractivity contribution in [3.8, 4) is 0 Å². The molecule has 2 amide bonds. The Morgan fingerprint density at radius 3 is 2.47 bits per heavy atom. The number of piperazine rings is 1. The van der Waals surface area contributed by atoms with Crippen molar-refractivity contribution in [1.82, 2.24) is 19.8 Å². The van der Waals surface area contributed by atoms with Crippen LogP contribution in [0, 0.1) is 13.8 Å². The Bertz CT molecular complexity index is 971. The molecule has 1 N–H and O–H groups in total. The van der Waals surface area contributed by atoms with Crippen LogP contribution in [0.4, 0.5) is 11.6 Å². The molecule has 0 atom stereocenters. The summed E-state index contributed by atoms with van der Waals surface area (Å²) in [6, 6.07) is 5.87. The van der Waals surface area contributed by atoms with Crippen LogP contribution in [0.3, 0.4) is 0 Å². The molecule has 1 aromatic heterocycles. The van der Waals surface area contributed by atoms with E-state index in [1.54, 1.807) is 4.90 Å². The molecule has 0 spiro atoms. The van der Waals surface area contributed by atoms with Crippen LogP contribution in [-0.2, 0) is 4.79 Å². The van der Waals surface area contributed by atoms with Gasteiger partial charge in [0.05, 0.1) is 17.8 Å². The van der Waals surface area contributed by atoms with Gasteiger partial charge in [0.1, 0.15) is 0 Å². The van der Waals surface area contributed by atoms with Gasteiger partial charge in [0, 0.05) is 45.0 Å². The molecular formula is C23H31ClN6O2. The number of anilines is 2. The third-order valence-electron chi connectivity index (χ3n) is 5.89. The van der Waals surface area contributed by atoms with Crippen LogP contribution < -0.4 is 10.2 Å². The summed E-state index contributed by atoms with van der Waals surface area (Å²) in [6.45, 7) is 12.1. The number of aromatic nitrogens is 2. The highest BCUT2D eigenvalue weighted by Gasteiger charge is 2.26. The van der Waals surface area contributed by atoms with Gasteiger partial charge in [-0.15, -0.1) is 0 Å². The normalized spacial score (nSPS) is 14.3. The smallest absolute Gasteiger partial charge is 0.274 e. The van der Waals surface area contributed by atoms with Crippen LogP contribution in [0.25, 0.3) is 0 Å². The molecule has 8 nitrogen and oxygen atoms in total. The molecule has 172 valence electrons. The van der Waals surface area contributed by atoms with Crippen LogP contribution in [0.1, 0.15) is 35.5 Å². The average molecular weight is 459 g/mol. The van der Waals surface area contributed by atoms with Gasteiger partial charge in [-0.1, -0.05) is 23.7 Å². The largest absolute Gasteiger partial charge is 0.341 e. The van der Waals surface area contributed by atoms with E-state index in [-0.39, 0.29) is 29.1 Å². The number of nitrogens with zero attached hydrogens (tertiary/aromatic N) is 5. The van der Waals surface area contributed by atoms with Crippen molar-refractivity contribution in [2.45, 2.75) is 27.7 Å². The predicted molar refractivity (Wildman–Crippen MR) is 127 cm³/mol. The van der Waals surface area contributed by atoms with E-state index >= 15 is 0 Å². The maximum Gasteiger partial charge on any atom is 0.274 e. The number of rotatable bonds is 7. The summed E-state index contributed by atoms with van der Waals surface area (Å²) in [7, 11) is 0. The lowest BCUT2D eigenvalue weighted by atomic mass is 10.1. The second-order valence-corrected chi connectivity index (χ2v) is 8.31. The third-order valence-corrected chi connectivity index (χ3v) is 6.16. The Balaban J connectivity index is 1.57. The second-order valence-electron chi connectivity index (χ2n) is 7.90. The molecule has 9 heteroatoms. The summed E-state index contributed by atoms with van der Waals surface area (Å²) in [5.74, 6) is 0.246. The number of halogens is 1. The van der Waals surface area contributed by atoms with Gasteiger partial charge in [-0.05, 0) is 44.9 Å². The molecule has 3 rings (SSSR count). The molecule has 2 heterocycles. The molecule has 0 bridgehead atoms. The molecule has 1 aliphatic heterocycles. The summed E-state index contributed by atoms with van der Waals surface area (Å²) >= 11 is 6.25. The maximum atomic E-state index is 13.0.